The molecule has 0 unspecified atom stereocenters. The fourth-order valence-corrected chi connectivity index (χ4v) is 7.04. The second-order valence-corrected chi connectivity index (χ2v) is 13.8. The van der Waals surface area contributed by atoms with E-state index >= 15 is 0 Å². The number of hydrogen-bond acceptors (Lipinski definition) is 5. The summed E-state index contributed by atoms with van der Waals surface area (Å²) in [6.45, 7) is 10.5. The van der Waals surface area contributed by atoms with E-state index in [9.17, 15) is 14.4 Å². The van der Waals surface area contributed by atoms with Crippen LogP contribution in [-0.2, 0) is 24.3 Å². The summed E-state index contributed by atoms with van der Waals surface area (Å²) in [5, 5.41) is 5.47. The van der Waals surface area contributed by atoms with Gasteiger partial charge in [-0.15, -0.1) is 0 Å². The first-order chi connectivity index (χ1) is 24.3. The molecular weight excluding hydrogens is 648 g/mol. The van der Waals surface area contributed by atoms with E-state index in [1.54, 1.807) is 4.68 Å². The normalized spacial score (nSPS) is 14.6. The number of nitrogens with zero attached hydrogens (tertiary/aromatic N) is 6. The van der Waals surface area contributed by atoms with Crippen LogP contribution < -0.4 is 4.90 Å². The minimum absolute atomic E-state index is 0.00235. The molecule has 1 aromatic heterocycles. The Kier molecular flexibility index (Phi) is 11.2. The number of hydrogen-bond donors (Lipinski definition) is 0. The summed E-state index contributed by atoms with van der Waals surface area (Å²) < 4.78 is 1.73. The predicted molar refractivity (Wildman–Crippen MR) is 198 cm³/mol. The molecule has 50 heavy (non-hydrogen) atoms. The number of benzene rings is 3. The van der Waals surface area contributed by atoms with E-state index in [-0.39, 0.29) is 24.3 Å². The molecule has 0 radical (unpaired) electrons. The molecule has 9 nitrogen and oxygen atoms in total. The minimum Gasteiger partial charge on any atom is -0.360 e. The number of aromatic nitrogens is 2. The van der Waals surface area contributed by atoms with Gasteiger partial charge in [0.15, 0.2) is 5.69 Å². The third kappa shape index (κ3) is 7.73. The van der Waals surface area contributed by atoms with Gasteiger partial charge in [-0.2, -0.15) is 5.10 Å². The number of unbranched alkanes of at least 4 members (excludes halogenated alkanes) is 2. The Hall–Kier alpha value is -4.63. The molecule has 262 valence electrons. The van der Waals surface area contributed by atoms with Crippen LogP contribution in [0.1, 0.15) is 82.8 Å². The monoisotopic (exact) mass is 694 g/mol. The van der Waals surface area contributed by atoms with Crippen LogP contribution in [0.25, 0.3) is 5.69 Å². The number of fused-ring (bicyclic) bond motifs is 1. The molecule has 1 fully saturated rings. The van der Waals surface area contributed by atoms with Gasteiger partial charge in [-0.3, -0.25) is 14.4 Å². The van der Waals surface area contributed by atoms with Crippen molar-refractivity contribution in [1.82, 2.24) is 24.5 Å². The van der Waals surface area contributed by atoms with Crippen LogP contribution in [0.2, 0.25) is 5.02 Å². The zero-order valence-electron chi connectivity index (χ0n) is 29.4. The smallest absolute Gasteiger partial charge is 0.274 e. The largest absolute Gasteiger partial charge is 0.360 e. The Morgan fingerprint density at radius 1 is 0.860 bits per heavy atom. The van der Waals surface area contributed by atoms with Gasteiger partial charge in [0.1, 0.15) is 0 Å². The third-order valence-corrected chi connectivity index (χ3v) is 10.2. The lowest BCUT2D eigenvalue weighted by Crippen LogP contribution is -2.50. The highest BCUT2D eigenvalue weighted by Crippen LogP contribution is 2.29. The van der Waals surface area contributed by atoms with Gasteiger partial charge >= 0.3 is 0 Å². The van der Waals surface area contributed by atoms with E-state index in [4.69, 9.17) is 16.7 Å². The fraction of sp³-hybridized carbons (Fsp3) is 0.400. The highest BCUT2D eigenvalue weighted by molar-refractivity contribution is 6.31. The number of aryl methyl sites for hydroxylation is 1. The third-order valence-electron chi connectivity index (χ3n) is 9.82. The maximum absolute atomic E-state index is 14.5. The van der Waals surface area contributed by atoms with E-state index in [1.165, 1.54) is 5.56 Å². The van der Waals surface area contributed by atoms with Gasteiger partial charge in [-0.25, -0.2) is 4.68 Å². The zero-order chi connectivity index (χ0) is 35.2. The molecule has 3 aromatic carbocycles. The van der Waals surface area contributed by atoms with E-state index < -0.39 is 0 Å². The fourth-order valence-electron chi connectivity index (χ4n) is 6.84. The molecule has 0 bridgehead atoms. The van der Waals surface area contributed by atoms with Crippen LogP contribution in [0.15, 0.2) is 72.8 Å². The highest BCUT2D eigenvalue weighted by Gasteiger charge is 2.29. The first kappa shape index (κ1) is 35.2. The quantitative estimate of drug-likeness (QED) is 0.161. The lowest BCUT2D eigenvalue weighted by Gasteiger charge is -2.36. The van der Waals surface area contributed by atoms with Crippen LogP contribution >= 0.6 is 11.6 Å². The molecule has 1 saturated heterocycles. The van der Waals surface area contributed by atoms with Crippen LogP contribution in [0, 0.1) is 6.92 Å². The molecule has 2 aliphatic rings. The van der Waals surface area contributed by atoms with Crippen LogP contribution in [0.3, 0.4) is 0 Å². The zero-order valence-corrected chi connectivity index (χ0v) is 30.2. The standard InChI is InChI=1S/C40H47ClN6O3/c1-4-6-19-43(20-7-5-2)40(50)36-24-29(3)47(42-36)37-17-16-33(25-34(37)39(49)46-21-18-30-12-8-9-13-31(30)26-46)44-22-23-45(38(48)28-44)27-32-14-10-11-15-35(32)41/h8-17,24-25H,4-7,18-23,26-28H2,1-3H3. The van der Waals surface area contributed by atoms with Crippen molar-refractivity contribution in [2.45, 2.75) is 66.0 Å². The first-order valence-corrected chi connectivity index (χ1v) is 18.3. The average molecular weight is 695 g/mol. The number of anilines is 1. The van der Waals surface area contributed by atoms with Crippen molar-refractivity contribution < 1.29 is 14.4 Å². The first-order valence-electron chi connectivity index (χ1n) is 17.9. The lowest BCUT2D eigenvalue weighted by atomic mass is 9.99. The number of halogens is 1. The minimum atomic E-state index is -0.102. The molecule has 0 aliphatic carbocycles. The molecule has 0 N–H and O–H groups in total. The van der Waals surface area contributed by atoms with Gasteiger partial charge in [-0.1, -0.05) is 80.8 Å². The molecule has 0 saturated carbocycles. The molecule has 0 spiro atoms. The van der Waals surface area contributed by atoms with Gasteiger partial charge in [0.25, 0.3) is 11.8 Å². The second-order valence-electron chi connectivity index (χ2n) is 13.4. The number of rotatable bonds is 12. The van der Waals surface area contributed by atoms with Gasteiger partial charge in [0.05, 0.1) is 17.8 Å². The second kappa shape index (κ2) is 15.9. The number of carbonyl (C=O) groups excluding carboxylic acids is 3. The maximum atomic E-state index is 14.5. The van der Waals surface area contributed by atoms with E-state index in [2.05, 4.69) is 26.0 Å². The molecule has 6 rings (SSSR count). The number of piperazine rings is 1. The Morgan fingerprint density at radius 3 is 2.30 bits per heavy atom. The van der Waals surface area contributed by atoms with Crippen molar-refractivity contribution >= 4 is 35.0 Å². The molecule has 3 heterocycles. The summed E-state index contributed by atoms with van der Waals surface area (Å²) in [6.07, 6.45) is 4.66. The van der Waals surface area contributed by atoms with Gasteiger partial charge in [-0.05, 0) is 73.2 Å². The van der Waals surface area contributed by atoms with Crippen molar-refractivity contribution in [2.75, 3.05) is 44.2 Å². The topological polar surface area (TPSA) is 82.0 Å². The van der Waals surface area contributed by atoms with Crippen molar-refractivity contribution in [2.24, 2.45) is 0 Å². The van der Waals surface area contributed by atoms with Crippen molar-refractivity contribution in [3.05, 3.63) is 111 Å². The molecule has 2 aliphatic heterocycles. The summed E-state index contributed by atoms with van der Waals surface area (Å²) >= 11 is 6.39. The molecule has 3 amide bonds. The van der Waals surface area contributed by atoms with Crippen LogP contribution in [0.4, 0.5) is 5.69 Å². The Balaban J connectivity index is 1.30. The number of amides is 3. The van der Waals surface area contributed by atoms with E-state index in [1.807, 2.05) is 87.2 Å². The number of carbonyl (C=O) groups is 3. The average Bonchev–Trinajstić information content (AvgIpc) is 3.53. The molecular formula is C40H47ClN6O3. The summed E-state index contributed by atoms with van der Waals surface area (Å²) in [6, 6.07) is 23.4. The predicted octanol–water partition coefficient (Wildman–Crippen LogP) is 6.92. The van der Waals surface area contributed by atoms with Crippen molar-refractivity contribution in [1.29, 1.82) is 0 Å². The van der Waals surface area contributed by atoms with Crippen molar-refractivity contribution in [3.8, 4) is 5.69 Å². The summed E-state index contributed by atoms with van der Waals surface area (Å²) in [4.78, 5) is 49.2. The van der Waals surface area contributed by atoms with Gasteiger partial charge in [0.2, 0.25) is 5.91 Å². The van der Waals surface area contributed by atoms with Crippen LogP contribution in [-0.4, -0.2) is 81.5 Å². The summed E-state index contributed by atoms with van der Waals surface area (Å²) in [5.74, 6) is -0.183. The lowest BCUT2D eigenvalue weighted by molar-refractivity contribution is -0.131. The van der Waals surface area contributed by atoms with Crippen LogP contribution in [0.5, 0.6) is 0 Å². The van der Waals surface area contributed by atoms with Gasteiger partial charge < -0.3 is 19.6 Å². The van der Waals surface area contributed by atoms with Gasteiger partial charge in [0, 0.05) is 62.2 Å². The molecule has 10 heteroatoms. The van der Waals surface area contributed by atoms with E-state index in [0.29, 0.717) is 67.8 Å². The Labute approximate surface area is 300 Å². The highest BCUT2D eigenvalue weighted by atomic mass is 35.5. The summed E-state index contributed by atoms with van der Waals surface area (Å²) in [5.41, 5.74) is 6.39. The Bertz CT molecular complexity index is 1850. The van der Waals surface area contributed by atoms with E-state index in [0.717, 1.165) is 54.6 Å². The molecule has 0 atom stereocenters. The SMILES string of the molecule is CCCCN(CCCC)C(=O)c1cc(C)n(-c2ccc(N3CCN(Cc4ccccc4Cl)C(=O)C3)cc2C(=O)N2CCc3ccccc3C2)n1. The maximum Gasteiger partial charge on any atom is 0.274 e. The summed E-state index contributed by atoms with van der Waals surface area (Å²) in [7, 11) is 0. The van der Waals surface area contributed by atoms with Crippen molar-refractivity contribution in [3.63, 3.8) is 0 Å². The Morgan fingerprint density at radius 2 is 1.58 bits per heavy atom. The molecule has 4 aromatic rings.